The summed E-state index contributed by atoms with van der Waals surface area (Å²) in [4.78, 5) is 24.0. The van der Waals surface area contributed by atoms with Gasteiger partial charge in [-0.05, 0) is 36.6 Å². The Bertz CT molecular complexity index is 544. The smallest absolute Gasteiger partial charge is 0.324 e. The molecule has 0 bridgehead atoms. The molecule has 1 aromatic rings. The van der Waals surface area contributed by atoms with Crippen molar-refractivity contribution in [3.05, 3.63) is 34.1 Å². The predicted octanol–water partition coefficient (Wildman–Crippen LogP) is 3.42. The zero-order valence-electron chi connectivity index (χ0n) is 12.2. The number of halogens is 2. The van der Waals surface area contributed by atoms with Crippen molar-refractivity contribution < 1.29 is 23.8 Å². The van der Waals surface area contributed by atoms with Crippen LogP contribution in [0.2, 0.25) is 0 Å². The number of hydrogen-bond donors (Lipinski definition) is 1. The first kappa shape index (κ1) is 17.6. The Balaban J connectivity index is 3.33. The molecule has 21 heavy (non-hydrogen) atoms. The molecule has 0 aliphatic heterocycles. The van der Waals surface area contributed by atoms with Crippen molar-refractivity contribution in [2.75, 3.05) is 6.61 Å². The maximum Gasteiger partial charge on any atom is 0.324 e. The van der Waals surface area contributed by atoms with E-state index in [1.54, 1.807) is 20.8 Å². The normalized spacial score (nSPS) is 13.8. The molecule has 1 aromatic carbocycles. The Hall–Kier alpha value is -1.43. The van der Waals surface area contributed by atoms with Crippen LogP contribution in [0.15, 0.2) is 22.7 Å². The molecule has 0 saturated carbocycles. The Kier molecular flexibility index (Phi) is 5.89. The minimum Gasteiger partial charge on any atom is -0.480 e. The highest BCUT2D eigenvalue weighted by Crippen LogP contribution is 2.35. The topological polar surface area (TPSA) is 63.6 Å². The first-order chi connectivity index (χ1) is 9.75. The molecule has 4 nitrogen and oxygen atoms in total. The quantitative estimate of drug-likeness (QED) is 0.623. The summed E-state index contributed by atoms with van der Waals surface area (Å²) in [7, 11) is 0. The molecule has 1 atom stereocenters. The molecule has 0 heterocycles. The summed E-state index contributed by atoms with van der Waals surface area (Å²) in [6, 6.07) is 4.23. The van der Waals surface area contributed by atoms with Crippen LogP contribution in [0.1, 0.15) is 26.3 Å². The maximum absolute atomic E-state index is 13.9. The van der Waals surface area contributed by atoms with E-state index in [9.17, 15) is 19.1 Å². The molecule has 0 aliphatic rings. The van der Waals surface area contributed by atoms with E-state index in [-0.39, 0.29) is 18.6 Å². The lowest BCUT2D eigenvalue weighted by molar-refractivity contribution is -0.172. The van der Waals surface area contributed by atoms with Crippen molar-refractivity contribution in [1.82, 2.24) is 0 Å². The number of hydrogen-bond acceptors (Lipinski definition) is 3. The number of carbonyl (C=O) groups is 2. The van der Waals surface area contributed by atoms with E-state index in [1.807, 2.05) is 0 Å². The van der Waals surface area contributed by atoms with E-state index < -0.39 is 29.1 Å². The van der Waals surface area contributed by atoms with Crippen LogP contribution in [0, 0.1) is 17.2 Å². The van der Waals surface area contributed by atoms with E-state index >= 15 is 0 Å². The number of aliphatic carboxylic acids is 1. The fourth-order valence-electron chi connectivity index (χ4n) is 2.16. The monoisotopic (exact) mass is 360 g/mol. The fraction of sp³-hybridized carbons (Fsp3) is 0.467. The van der Waals surface area contributed by atoms with Crippen LogP contribution in [-0.4, -0.2) is 23.7 Å². The second-order valence-corrected chi connectivity index (χ2v) is 5.98. The SMILES string of the molecule is CCOC(=O)C(Cc1cc(Br)ccc1F)(C(=O)O)C(C)C. The number of carbonyl (C=O) groups excluding carboxylic acids is 1. The van der Waals surface area contributed by atoms with Gasteiger partial charge in [0.1, 0.15) is 5.82 Å². The van der Waals surface area contributed by atoms with Gasteiger partial charge in [-0.1, -0.05) is 29.8 Å². The third-order valence-electron chi connectivity index (χ3n) is 3.48. The van der Waals surface area contributed by atoms with E-state index in [1.165, 1.54) is 18.2 Å². The summed E-state index contributed by atoms with van der Waals surface area (Å²) < 4.78 is 19.4. The second-order valence-electron chi connectivity index (χ2n) is 5.06. The third-order valence-corrected chi connectivity index (χ3v) is 3.98. The van der Waals surface area contributed by atoms with Gasteiger partial charge in [0.25, 0.3) is 0 Å². The molecule has 0 saturated heterocycles. The summed E-state index contributed by atoms with van der Waals surface area (Å²) in [6.45, 7) is 4.90. The average Bonchev–Trinajstić information content (AvgIpc) is 2.39. The first-order valence-corrected chi connectivity index (χ1v) is 7.39. The van der Waals surface area contributed by atoms with Crippen LogP contribution in [0.3, 0.4) is 0 Å². The molecular weight excluding hydrogens is 343 g/mol. The second kappa shape index (κ2) is 7.02. The molecule has 1 N–H and O–H groups in total. The Morgan fingerprint density at radius 2 is 2.05 bits per heavy atom. The maximum atomic E-state index is 13.9. The molecule has 1 rings (SSSR count). The van der Waals surface area contributed by atoms with Crippen molar-refractivity contribution in [2.45, 2.75) is 27.2 Å². The zero-order valence-corrected chi connectivity index (χ0v) is 13.7. The Morgan fingerprint density at radius 3 is 2.52 bits per heavy atom. The number of carboxylic acid groups (broad SMARTS) is 1. The largest absolute Gasteiger partial charge is 0.480 e. The lowest BCUT2D eigenvalue weighted by Gasteiger charge is -2.31. The number of rotatable bonds is 6. The van der Waals surface area contributed by atoms with E-state index in [0.717, 1.165) is 0 Å². The van der Waals surface area contributed by atoms with Gasteiger partial charge in [-0.2, -0.15) is 0 Å². The lowest BCUT2D eigenvalue weighted by atomic mass is 9.72. The van der Waals surface area contributed by atoms with Crippen LogP contribution in [0.4, 0.5) is 4.39 Å². The summed E-state index contributed by atoms with van der Waals surface area (Å²) in [5, 5.41) is 9.58. The molecule has 0 amide bonds. The van der Waals surface area contributed by atoms with Crippen LogP contribution >= 0.6 is 15.9 Å². The van der Waals surface area contributed by atoms with Crippen molar-refractivity contribution in [1.29, 1.82) is 0 Å². The van der Waals surface area contributed by atoms with Gasteiger partial charge in [0, 0.05) is 10.9 Å². The average molecular weight is 361 g/mol. The van der Waals surface area contributed by atoms with Crippen molar-refractivity contribution in [2.24, 2.45) is 11.3 Å². The molecule has 0 fully saturated rings. The summed E-state index contributed by atoms with van der Waals surface area (Å²) in [5.74, 6) is -3.25. The molecule has 0 aliphatic carbocycles. The van der Waals surface area contributed by atoms with Gasteiger partial charge in [0.15, 0.2) is 5.41 Å². The van der Waals surface area contributed by atoms with E-state index in [0.29, 0.717) is 4.47 Å². The van der Waals surface area contributed by atoms with Crippen molar-refractivity contribution >= 4 is 27.9 Å². The number of carboxylic acids is 1. The first-order valence-electron chi connectivity index (χ1n) is 6.60. The predicted molar refractivity (Wildman–Crippen MR) is 79.3 cm³/mol. The third kappa shape index (κ3) is 3.61. The van der Waals surface area contributed by atoms with Gasteiger partial charge in [-0.15, -0.1) is 0 Å². The Labute approximate surface area is 131 Å². The van der Waals surface area contributed by atoms with Crippen LogP contribution in [0.25, 0.3) is 0 Å². The van der Waals surface area contributed by atoms with Gasteiger partial charge in [0.2, 0.25) is 0 Å². The van der Waals surface area contributed by atoms with E-state index in [2.05, 4.69) is 15.9 Å². The number of esters is 1. The van der Waals surface area contributed by atoms with Crippen molar-refractivity contribution in [3.8, 4) is 0 Å². The van der Waals surface area contributed by atoms with Gasteiger partial charge in [0.05, 0.1) is 6.61 Å². The highest BCUT2D eigenvalue weighted by molar-refractivity contribution is 9.10. The van der Waals surface area contributed by atoms with E-state index in [4.69, 9.17) is 4.74 Å². The molecule has 0 spiro atoms. The summed E-state index contributed by atoms with van der Waals surface area (Å²) >= 11 is 3.22. The molecule has 0 radical (unpaired) electrons. The van der Waals surface area contributed by atoms with Crippen LogP contribution < -0.4 is 0 Å². The van der Waals surface area contributed by atoms with Crippen LogP contribution in [-0.2, 0) is 20.7 Å². The highest BCUT2D eigenvalue weighted by atomic mass is 79.9. The number of ether oxygens (including phenoxy) is 1. The van der Waals surface area contributed by atoms with Gasteiger partial charge < -0.3 is 9.84 Å². The molecule has 0 aromatic heterocycles. The summed E-state index contributed by atoms with van der Waals surface area (Å²) in [6.07, 6.45) is -0.260. The lowest BCUT2D eigenvalue weighted by Crippen LogP contribution is -2.47. The number of benzene rings is 1. The molecule has 6 heteroatoms. The van der Waals surface area contributed by atoms with Crippen molar-refractivity contribution in [3.63, 3.8) is 0 Å². The highest BCUT2D eigenvalue weighted by Gasteiger charge is 2.50. The van der Waals surface area contributed by atoms with Gasteiger partial charge in [-0.3, -0.25) is 9.59 Å². The molecule has 116 valence electrons. The summed E-state index contributed by atoms with van der Waals surface area (Å²) in [5.41, 5.74) is -1.65. The van der Waals surface area contributed by atoms with Gasteiger partial charge in [-0.25, -0.2) is 4.39 Å². The zero-order chi connectivity index (χ0) is 16.2. The van der Waals surface area contributed by atoms with Crippen LogP contribution in [0.5, 0.6) is 0 Å². The minimum absolute atomic E-state index is 0.0710. The Morgan fingerprint density at radius 1 is 1.43 bits per heavy atom. The van der Waals surface area contributed by atoms with Gasteiger partial charge >= 0.3 is 11.9 Å². The fourth-order valence-corrected chi connectivity index (χ4v) is 2.57. The molecule has 1 unspecified atom stereocenters. The minimum atomic E-state index is -1.81. The molecular formula is C15H18BrFO4. The standard InChI is InChI=1S/C15H18BrFO4/c1-4-21-14(20)15(9(2)3,13(18)19)8-10-7-11(16)5-6-12(10)17/h5-7,9H,4,8H2,1-3H3,(H,18,19).